The van der Waals surface area contributed by atoms with Gasteiger partial charge in [-0.25, -0.2) is 0 Å². The molecule has 0 saturated heterocycles. The van der Waals surface area contributed by atoms with Gasteiger partial charge in [-0.15, -0.1) is 0 Å². The van der Waals surface area contributed by atoms with E-state index in [9.17, 15) is 0 Å². The van der Waals surface area contributed by atoms with Gasteiger partial charge in [0.15, 0.2) is 0 Å². The molecule has 0 amide bonds. The summed E-state index contributed by atoms with van der Waals surface area (Å²) in [4.78, 5) is 0. The van der Waals surface area contributed by atoms with Crippen molar-refractivity contribution in [2.24, 2.45) is 0 Å². The van der Waals surface area contributed by atoms with E-state index < -0.39 is 0 Å². The maximum atomic E-state index is 7.68. The Bertz CT molecular complexity index is 12.4. The zero-order chi connectivity index (χ0) is 4.12. The van der Waals surface area contributed by atoms with Crippen LogP contribution in [0.25, 0.3) is 0 Å². The zero-order valence-electron chi connectivity index (χ0n) is 2.59. The average molecular weight is 65.4 g/mol. The summed E-state index contributed by atoms with van der Waals surface area (Å²) in [6.07, 6.45) is 0. The number of rotatable bonds is 2. The Kier molecular flexibility index (Phi) is 4.21. The van der Waals surface area contributed by atoms with Crippen LogP contribution in [0.3, 0.4) is 0 Å². The number of hydrogen-bond donors (Lipinski definition) is 1. The van der Waals surface area contributed by atoms with Crippen molar-refractivity contribution in [1.82, 2.24) is 0 Å². The Morgan fingerprint density at radius 2 is 2.40 bits per heavy atom. The summed E-state index contributed by atoms with van der Waals surface area (Å²) in [5.74, 6) is 0. The van der Waals surface area contributed by atoms with Crippen LogP contribution in [0.1, 0.15) is 0 Å². The molecule has 5 heavy (non-hydrogen) atoms. The first-order valence-electron chi connectivity index (χ1n) is 1.06. The van der Waals surface area contributed by atoms with Gasteiger partial charge in [-0.3, -0.25) is 0 Å². The summed E-state index contributed by atoms with van der Waals surface area (Å²) in [5, 5.41) is 7.68. The third-order valence-corrected chi connectivity index (χ3v) is 0.139. The van der Waals surface area contributed by atoms with E-state index in [0.717, 1.165) is 7.37 Å². The molecule has 5 heteroatoms. The molecule has 0 heterocycles. The minimum absolute atomic E-state index is 0.708. The van der Waals surface area contributed by atoms with Gasteiger partial charge in [0.1, 0.15) is 0 Å². The molecule has 1 N–H and O–H groups in total. The van der Waals surface area contributed by atoms with Crippen LogP contribution < -0.4 is 0 Å². The highest BCUT2D eigenvalue weighted by atomic mass is 16.4. The van der Waals surface area contributed by atoms with Crippen molar-refractivity contribution in [1.29, 1.82) is 0 Å². The van der Waals surface area contributed by atoms with Crippen LogP contribution in [-0.2, 0) is 4.57 Å². The summed E-state index contributed by atoms with van der Waals surface area (Å²) in [5.41, 5.74) is 0. The zero-order valence-corrected chi connectivity index (χ0v) is 2.59. The molecule has 0 aromatic rings. The molecule has 0 spiro atoms. The third-order valence-electron chi connectivity index (χ3n) is 0.139. The van der Waals surface area contributed by atoms with Crippen LogP contribution in [0.5, 0.6) is 0 Å². The molecule has 0 bridgehead atoms. The highest BCUT2D eigenvalue weighted by molar-refractivity contribution is 6.94. The van der Waals surface area contributed by atoms with Crippen LogP contribution in [0, 0.1) is 0 Å². The molecule has 22 valence electrons. The largest absolute Gasteiger partial charge is 0.514 e. The monoisotopic (exact) mass is 66.0 g/mol. The normalized spacial score (nSPS) is 6.60. The van der Waals surface area contributed by atoms with Crippen LogP contribution in [-0.4, -0.2) is 27.8 Å². The SMILES string of the molecule is [B]O[B][B]O. The first-order valence-corrected chi connectivity index (χ1v) is 1.06. The fraction of sp³-hybridized carbons (Fsp3) is 0. The van der Waals surface area contributed by atoms with E-state index in [4.69, 9.17) is 5.02 Å². The van der Waals surface area contributed by atoms with Crippen molar-refractivity contribution in [3.8, 4) is 0 Å². The Labute approximate surface area is 33.5 Å². The van der Waals surface area contributed by atoms with E-state index >= 15 is 0 Å². The molecule has 0 aromatic carbocycles. The lowest BCUT2D eigenvalue weighted by Gasteiger charge is -1.79. The van der Waals surface area contributed by atoms with Gasteiger partial charge in [-0.1, -0.05) is 0 Å². The summed E-state index contributed by atoms with van der Waals surface area (Å²) in [6, 6.07) is 0. The number of hydrogen-bond acceptors (Lipinski definition) is 2. The van der Waals surface area contributed by atoms with Crippen LogP contribution in [0.4, 0.5) is 0 Å². The molecule has 0 aromatic heterocycles. The van der Waals surface area contributed by atoms with E-state index in [-0.39, 0.29) is 0 Å². The van der Waals surface area contributed by atoms with Gasteiger partial charge in [0.2, 0.25) is 0 Å². The maximum absolute atomic E-state index is 7.68. The van der Waals surface area contributed by atoms with E-state index in [0.29, 0.717) is 7.37 Å². The second kappa shape index (κ2) is 4.11. The summed E-state index contributed by atoms with van der Waals surface area (Å²) < 4.78 is 3.76. The Morgan fingerprint density at radius 3 is 2.40 bits per heavy atom. The molecule has 0 rings (SSSR count). The van der Waals surface area contributed by atoms with E-state index in [1.54, 1.807) is 0 Å². The molecule has 0 atom stereocenters. The maximum Gasteiger partial charge on any atom is 0.275 e. The molecule has 2 nitrogen and oxygen atoms in total. The molecular weight excluding hydrogens is 64.4 g/mol. The van der Waals surface area contributed by atoms with Crippen molar-refractivity contribution in [2.45, 2.75) is 0 Å². The van der Waals surface area contributed by atoms with Crippen LogP contribution in [0.15, 0.2) is 0 Å². The fourth-order valence-electron chi connectivity index (χ4n) is 0.0351. The quantitative estimate of drug-likeness (QED) is 0.386. The molecule has 0 saturated carbocycles. The van der Waals surface area contributed by atoms with Crippen LogP contribution in [0.2, 0.25) is 0 Å². The first-order chi connectivity index (χ1) is 2.41. The van der Waals surface area contributed by atoms with Crippen molar-refractivity contribution in [2.75, 3.05) is 0 Å². The Hall–Kier alpha value is 0.115. The van der Waals surface area contributed by atoms with Crippen molar-refractivity contribution < 1.29 is 9.60 Å². The van der Waals surface area contributed by atoms with E-state index in [2.05, 4.69) is 12.6 Å². The molecule has 0 aliphatic heterocycles. The van der Waals surface area contributed by atoms with Gasteiger partial charge < -0.3 is 9.60 Å². The predicted octanol–water partition coefficient (Wildman–Crippen LogP) is -1.77. The predicted molar refractivity (Wildman–Crippen MR) is 20.6 cm³/mol. The van der Waals surface area contributed by atoms with Gasteiger partial charge in [-0.05, 0) is 0 Å². The lowest BCUT2D eigenvalue weighted by atomic mass is 9.64. The Morgan fingerprint density at radius 1 is 1.80 bits per heavy atom. The lowest BCUT2D eigenvalue weighted by molar-refractivity contribution is 0.604. The van der Waals surface area contributed by atoms with E-state index in [1.165, 1.54) is 0 Å². The second-order valence-corrected chi connectivity index (χ2v) is 0.421. The molecule has 4 radical (unpaired) electrons. The second-order valence-electron chi connectivity index (χ2n) is 0.421. The van der Waals surface area contributed by atoms with Gasteiger partial charge in [0.05, 0.1) is 0 Å². The van der Waals surface area contributed by atoms with Crippen molar-refractivity contribution >= 4 is 22.8 Å². The molecule has 0 aliphatic carbocycles. The summed E-state index contributed by atoms with van der Waals surface area (Å²) >= 11 is 0. The van der Waals surface area contributed by atoms with E-state index in [1.807, 2.05) is 0 Å². The molecule has 0 aliphatic rings. The molecule has 0 unspecified atom stereocenters. The fourth-order valence-corrected chi connectivity index (χ4v) is 0.0351. The van der Waals surface area contributed by atoms with Gasteiger partial charge in [-0.2, -0.15) is 0 Å². The molecular formula is HB3O2. The minimum atomic E-state index is 0.708. The van der Waals surface area contributed by atoms with Crippen molar-refractivity contribution in [3.63, 3.8) is 0 Å². The standard InChI is InChI=1S/B3HO2/c1-5-3-2-4/h4H. The lowest BCUT2D eigenvalue weighted by Crippen LogP contribution is -2.04. The van der Waals surface area contributed by atoms with Gasteiger partial charge >= 0.3 is 0 Å². The summed E-state index contributed by atoms with van der Waals surface area (Å²) in [7, 11) is 6.06. The topological polar surface area (TPSA) is 29.5 Å². The first kappa shape index (κ1) is 5.11. The van der Waals surface area contributed by atoms with Gasteiger partial charge in [0.25, 0.3) is 22.8 Å². The highest BCUT2D eigenvalue weighted by Gasteiger charge is 1.79. The van der Waals surface area contributed by atoms with Crippen molar-refractivity contribution in [3.05, 3.63) is 0 Å². The smallest absolute Gasteiger partial charge is 0.275 e. The van der Waals surface area contributed by atoms with Crippen LogP contribution >= 0.6 is 0 Å². The Balaban J connectivity index is 2.19. The average Bonchev–Trinajstić information content (AvgIpc) is 1.41. The molecule has 0 fully saturated rings. The third kappa shape index (κ3) is 4.11. The minimum Gasteiger partial charge on any atom is -0.514 e. The highest BCUT2D eigenvalue weighted by Crippen LogP contribution is 1.45. The van der Waals surface area contributed by atoms with Gasteiger partial charge in [0, 0.05) is 0 Å². The summed E-state index contributed by atoms with van der Waals surface area (Å²) in [6.45, 7) is 0.